The van der Waals surface area contributed by atoms with Crippen molar-refractivity contribution < 1.29 is 14.3 Å². The first-order valence-electron chi connectivity index (χ1n) is 10.5. The number of anilines is 1. The highest BCUT2D eigenvalue weighted by Gasteiger charge is 2.33. The monoisotopic (exact) mass is 399 g/mol. The van der Waals surface area contributed by atoms with Gasteiger partial charge in [-0.05, 0) is 30.9 Å². The van der Waals surface area contributed by atoms with Crippen LogP contribution in [0.15, 0.2) is 24.3 Å². The van der Waals surface area contributed by atoms with Crippen LogP contribution in [0.4, 0.5) is 10.7 Å². The Balaban J connectivity index is 1.45. The highest BCUT2D eigenvalue weighted by Crippen LogP contribution is 2.27. The number of carbonyl (C=O) groups is 2. The van der Waals surface area contributed by atoms with Crippen LogP contribution in [0.3, 0.4) is 0 Å². The van der Waals surface area contributed by atoms with E-state index in [2.05, 4.69) is 15.6 Å². The molecule has 0 bridgehead atoms. The number of amides is 3. The molecule has 3 amide bonds. The van der Waals surface area contributed by atoms with E-state index in [1.54, 1.807) is 4.90 Å². The summed E-state index contributed by atoms with van der Waals surface area (Å²) in [6.45, 7) is 6.48. The molecule has 2 unspecified atom stereocenters. The molecule has 3 atom stereocenters. The number of benzene rings is 1. The van der Waals surface area contributed by atoms with Crippen molar-refractivity contribution in [2.24, 2.45) is 5.92 Å². The summed E-state index contributed by atoms with van der Waals surface area (Å²) in [7, 11) is 0. The van der Waals surface area contributed by atoms with Crippen LogP contribution in [-0.4, -0.2) is 53.3 Å². The molecule has 2 aromatic rings. The molecule has 4 rings (SSSR count). The summed E-state index contributed by atoms with van der Waals surface area (Å²) in [6.07, 6.45) is 2.86. The second kappa shape index (κ2) is 8.41. The molecule has 2 aliphatic heterocycles. The van der Waals surface area contributed by atoms with E-state index >= 15 is 0 Å². The third-order valence-corrected chi connectivity index (χ3v) is 5.97. The lowest BCUT2D eigenvalue weighted by Crippen LogP contribution is -2.54. The lowest BCUT2D eigenvalue weighted by molar-refractivity contribution is -0.124. The molecule has 8 nitrogen and oxygen atoms in total. The number of fused-ring (bicyclic) bond motifs is 3. The summed E-state index contributed by atoms with van der Waals surface area (Å²) in [5, 5.41) is 5.91. The zero-order valence-electron chi connectivity index (χ0n) is 17.1. The molecule has 0 spiro atoms. The van der Waals surface area contributed by atoms with Gasteiger partial charge in [0.1, 0.15) is 6.04 Å². The quantitative estimate of drug-likeness (QED) is 0.780. The molecule has 3 heterocycles. The number of urea groups is 1. The SMILES string of the molecule is CCC(C)[C@H](NC(=O)N1CCn2c1nc1ccccc12)C(=O)NCC1CCCO1. The van der Waals surface area contributed by atoms with E-state index in [-0.39, 0.29) is 24.0 Å². The highest BCUT2D eigenvalue weighted by molar-refractivity contribution is 5.96. The van der Waals surface area contributed by atoms with E-state index in [9.17, 15) is 9.59 Å². The van der Waals surface area contributed by atoms with Gasteiger partial charge in [-0.1, -0.05) is 32.4 Å². The minimum absolute atomic E-state index is 0.0184. The van der Waals surface area contributed by atoms with Crippen molar-refractivity contribution in [2.45, 2.75) is 51.8 Å². The molecule has 2 aliphatic rings. The van der Waals surface area contributed by atoms with Crippen molar-refractivity contribution in [3.63, 3.8) is 0 Å². The molecular formula is C21H29N5O3. The van der Waals surface area contributed by atoms with Gasteiger partial charge in [0.25, 0.3) is 0 Å². The van der Waals surface area contributed by atoms with E-state index in [0.717, 1.165) is 36.9 Å². The van der Waals surface area contributed by atoms with Gasteiger partial charge in [0.15, 0.2) is 0 Å². The number of hydrogen-bond donors (Lipinski definition) is 2. The number of para-hydroxylation sites is 2. The molecule has 1 aromatic heterocycles. The summed E-state index contributed by atoms with van der Waals surface area (Å²) < 4.78 is 7.63. The van der Waals surface area contributed by atoms with Gasteiger partial charge in [-0.15, -0.1) is 0 Å². The van der Waals surface area contributed by atoms with Crippen LogP contribution in [0.2, 0.25) is 0 Å². The Labute approximate surface area is 170 Å². The summed E-state index contributed by atoms with van der Waals surface area (Å²) >= 11 is 0. The summed E-state index contributed by atoms with van der Waals surface area (Å²) in [5.41, 5.74) is 1.89. The predicted octanol–water partition coefficient (Wildman–Crippen LogP) is 2.28. The number of carbonyl (C=O) groups excluding carboxylic acids is 2. The largest absolute Gasteiger partial charge is 0.376 e. The summed E-state index contributed by atoms with van der Waals surface area (Å²) in [5.74, 6) is 0.493. The van der Waals surface area contributed by atoms with Gasteiger partial charge in [0.05, 0.1) is 17.1 Å². The van der Waals surface area contributed by atoms with E-state index in [1.165, 1.54) is 0 Å². The molecule has 1 saturated heterocycles. The number of rotatable bonds is 6. The molecule has 156 valence electrons. The normalized spacial score (nSPS) is 20.5. The number of ether oxygens (including phenoxy) is 1. The average molecular weight is 399 g/mol. The Morgan fingerprint density at radius 2 is 2.14 bits per heavy atom. The zero-order valence-corrected chi connectivity index (χ0v) is 17.1. The van der Waals surface area contributed by atoms with Crippen LogP contribution in [-0.2, 0) is 16.1 Å². The maximum Gasteiger partial charge on any atom is 0.324 e. The van der Waals surface area contributed by atoms with E-state index < -0.39 is 6.04 Å². The molecule has 8 heteroatoms. The molecule has 0 radical (unpaired) electrons. The van der Waals surface area contributed by atoms with Crippen molar-refractivity contribution >= 4 is 28.9 Å². The second-order valence-corrected chi connectivity index (χ2v) is 7.90. The van der Waals surface area contributed by atoms with Gasteiger partial charge in [-0.2, -0.15) is 0 Å². The average Bonchev–Trinajstić information content (AvgIpc) is 3.46. The zero-order chi connectivity index (χ0) is 20.4. The van der Waals surface area contributed by atoms with Crippen LogP contribution >= 0.6 is 0 Å². The number of nitrogens with zero attached hydrogens (tertiary/aromatic N) is 3. The molecule has 29 heavy (non-hydrogen) atoms. The van der Waals surface area contributed by atoms with Crippen LogP contribution < -0.4 is 15.5 Å². The van der Waals surface area contributed by atoms with E-state index in [0.29, 0.717) is 25.6 Å². The maximum absolute atomic E-state index is 13.0. The first-order chi connectivity index (χ1) is 14.1. The van der Waals surface area contributed by atoms with E-state index in [4.69, 9.17) is 4.74 Å². The molecule has 0 aliphatic carbocycles. The third-order valence-electron chi connectivity index (χ3n) is 5.97. The van der Waals surface area contributed by atoms with Crippen molar-refractivity contribution in [2.75, 3.05) is 24.6 Å². The molecule has 1 fully saturated rings. The highest BCUT2D eigenvalue weighted by atomic mass is 16.5. The second-order valence-electron chi connectivity index (χ2n) is 7.90. The Morgan fingerprint density at radius 1 is 1.31 bits per heavy atom. The van der Waals surface area contributed by atoms with Gasteiger partial charge in [0.2, 0.25) is 11.9 Å². The number of aromatic nitrogens is 2. The number of hydrogen-bond acceptors (Lipinski definition) is 4. The van der Waals surface area contributed by atoms with Gasteiger partial charge in [-0.25, -0.2) is 9.78 Å². The van der Waals surface area contributed by atoms with Gasteiger partial charge < -0.3 is 19.9 Å². The minimum atomic E-state index is -0.590. The fraction of sp³-hybridized carbons (Fsp3) is 0.571. The van der Waals surface area contributed by atoms with Crippen LogP contribution in [0.25, 0.3) is 11.0 Å². The standard InChI is InChI=1S/C21H29N5O3/c1-3-14(2)18(19(27)22-13-15-7-6-12-29-15)24-21(28)26-11-10-25-17-9-5-4-8-16(17)23-20(25)26/h4-5,8-9,14-15,18H,3,6-7,10-13H2,1-2H3,(H,22,27)(H,24,28)/t14?,15?,18-/m0/s1. The Morgan fingerprint density at radius 3 is 2.90 bits per heavy atom. The maximum atomic E-state index is 13.0. The first kappa shape index (κ1) is 19.7. The van der Waals surface area contributed by atoms with E-state index in [1.807, 2.05) is 42.7 Å². The Hall–Kier alpha value is -2.61. The lowest BCUT2D eigenvalue weighted by Gasteiger charge is -2.26. The van der Waals surface area contributed by atoms with Crippen molar-refractivity contribution in [3.8, 4) is 0 Å². The topological polar surface area (TPSA) is 88.5 Å². The number of imidazole rings is 1. The minimum Gasteiger partial charge on any atom is -0.376 e. The fourth-order valence-corrected chi connectivity index (χ4v) is 4.02. The van der Waals surface area contributed by atoms with Crippen molar-refractivity contribution in [3.05, 3.63) is 24.3 Å². The smallest absolute Gasteiger partial charge is 0.324 e. The molecule has 0 saturated carbocycles. The Kier molecular flexibility index (Phi) is 5.71. The summed E-state index contributed by atoms with van der Waals surface area (Å²) in [6, 6.07) is 6.98. The van der Waals surface area contributed by atoms with Gasteiger partial charge in [-0.3, -0.25) is 9.69 Å². The van der Waals surface area contributed by atoms with Crippen LogP contribution in [0.5, 0.6) is 0 Å². The molecule has 1 aromatic carbocycles. The third kappa shape index (κ3) is 3.94. The molecular weight excluding hydrogens is 370 g/mol. The van der Waals surface area contributed by atoms with Crippen LogP contribution in [0, 0.1) is 5.92 Å². The Bertz CT molecular complexity index is 890. The van der Waals surface area contributed by atoms with Gasteiger partial charge in [0, 0.05) is 26.2 Å². The van der Waals surface area contributed by atoms with Crippen molar-refractivity contribution in [1.82, 2.24) is 20.2 Å². The molecule has 2 N–H and O–H groups in total. The predicted molar refractivity (Wildman–Crippen MR) is 111 cm³/mol. The number of nitrogens with one attached hydrogen (secondary N) is 2. The van der Waals surface area contributed by atoms with Gasteiger partial charge >= 0.3 is 6.03 Å². The van der Waals surface area contributed by atoms with Crippen molar-refractivity contribution in [1.29, 1.82) is 0 Å². The fourth-order valence-electron chi connectivity index (χ4n) is 4.02. The first-order valence-corrected chi connectivity index (χ1v) is 10.5. The summed E-state index contributed by atoms with van der Waals surface area (Å²) in [4.78, 5) is 32.1. The van der Waals surface area contributed by atoms with Crippen LogP contribution in [0.1, 0.15) is 33.1 Å². The lowest BCUT2D eigenvalue weighted by atomic mass is 9.98.